The topological polar surface area (TPSA) is 98.2 Å². The standard InChI is InChI=1S/C18H16N6O2S/c1-12-20-17(26-23-12)11-27-14-7-3-2-6-13(14)18(25)19-10-16-22-21-15-8-4-5-9-24(15)16/h2-9H,10-11H2,1H3,(H,19,25). The minimum Gasteiger partial charge on any atom is -0.345 e. The monoisotopic (exact) mass is 380 g/mol. The molecule has 1 amide bonds. The molecule has 0 radical (unpaired) electrons. The van der Waals surface area contributed by atoms with Crippen molar-refractivity contribution in [3.63, 3.8) is 0 Å². The fourth-order valence-electron chi connectivity index (χ4n) is 2.58. The van der Waals surface area contributed by atoms with Gasteiger partial charge in [0.05, 0.1) is 17.9 Å². The molecule has 9 heteroatoms. The van der Waals surface area contributed by atoms with E-state index in [9.17, 15) is 4.79 Å². The van der Waals surface area contributed by atoms with E-state index in [1.54, 1.807) is 13.0 Å². The van der Waals surface area contributed by atoms with Crippen LogP contribution in [0.25, 0.3) is 5.65 Å². The first-order valence-corrected chi connectivity index (χ1v) is 9.27. The first-order valence-electron chi connectivity index (χ1n) is 8.28. The lowest BCUT2D eigenvalue weighted by molar-refractivity contribution is 0.0947. The highest BCUT2D eigenvalue weighted by Crippen LogP contribution is 2.25. The van der Waals surface area contributed by atoms with Gasteiger partial charge >= 0.3 is 0 Å². The molecule has 3 heterocycles. The van der Waals surface area contributed by atoms with Crippen LogP contribution in [0.1, 0.15) is 27.9 Å². The molecular weight excluding hydrogens is 364 g/mol. The van der Waals surface area contributed by atoms with Gasteiger partial charge in [-0.25, -0.2) is 0 Å². The van der Waals surface area contributed by atoms with Crippen molar-refractivity contribution >= 4 is 23.3 Å². The fourth-order valence-corrected chi connectivity index (χ4v) is 3.47. The van der Waals surface area contributed by atoms with Gasteiger partial charge in [0.25, 0.3) is 5.91 Å². The molecule has 136 valence electrons. The number of amides is 1. The third kappa shape index (κ3) is 3.82. The Kier molecular flexibility index (Phi) is 4.84. The lowest BCUT2D eigenvalue weighted by Crippen LogP contribution is -2.24. The molecule has 0 saturated heterocycles. The molecule has 4 rings (SSSR count). The van der Waals surface area contributed by atoms with E-state index in [0.29, 0.717) is 28.9 Å². The van der Waals surface area contributed by atoms with Gasteiger partial charge in [-0.15, -0.1) is 22.0 Å². The number of aromatic nitrogens is 5. The Morgan fingerprint density at radius 1 is 1.19 bits per heavy atom. The van der Waals surface area contributed by atoms with Crippen LogP contribution >= 0.6 is 11.8 Å². The summed E-state index contributed by atoms with van der Waals surface area (Å²) in [6.07, 6.45) is 1.87. The van der Waals surface area contributed by atoms with Crippen LogP contribution in [-0.4, -0.2) is 30.6 Å². The van der Waals surface area contributed by atoms with Gasteiger partial charge in [0.1, 0.15) is 0 Å². The summed E-state index contributed by atoms with van der Waals surface area (Å²) in [6.45, 7) is 2.05. The van der Waals surface area contributed by atoms with Crippen molar-refractivity contribution in [1.29, 1.82) is 0 Å². The summed E-state index contributed by atoms with van der Waals surface area (Å²) < 4.78 is 6.97. The summed E-state index contributed by atoms with van der Waals surface area (Å²) in [5.41, 5.74) is 1.33. The fraction of sp³-hybridized carbons (Fsp3) is 0.167. The molecule has 1 aromatic carbocycles. The number of hydrogen-bond donors (Lipinski definition) is 1. The summed E-state index contributed by atoms with van der Waals surface area (Å²) in [5, 5.41) is 14.9. The minimum absolute atomic E-state index is 0.174. The molecule has 4 aromatic rings. The molecule has 1 N–H and O–H groups in total. The molecule has 0 saturated carbocycles. The van der Waals surface area contributed by atoms with E-state index < -0.39 is 0 Å². The molecule has 8 nitrogen and oxygen atoms in total. The number of hydrogen-bond acceptors (Lipinski definition) is 7. The molecular formula is C18H16N6O2S. The lowest BCUT2D eigenvalue weighted by Gasteiger charge is -2.08. The third-order valence-electron chi connectivity index (χ3n) is 3.84. The zero-order valence-corrected chi connectivity index (χ0v) is 15.3. The Balaban J connectivity index is 1.45. The van der Waals surface area contributed by atoms with E-state index >= 15 is 0 Å². The number of fused-ring (bicyclic) bond motifs is 1. The molecule has 27 heavy (non-hydrogen) atoms. The van der Waals surface area contributed by atoms with Gasteiger partial charge in [0, 0.05) is 11.1 Å². The van der Waals surface area contributed by atoms with Gasteiger partial charge in [0.2, 0.25) is 5.89 Å². The van der Waals surface area contributed by atoms with Gasteiger partial charge < -0.3 is 9.84 Å². The third-order valence-corrected chi connectivity index (χ3v) is 4.90. The summed E-state index contributed by atoms with van der Waals surface area (Å²) in [6, 6.07) is 13.1. The molecule has 0 spiro atoms. The highest BCUT2D eigenvalue weighted by Gasteiger charge is 2.14. The Hall–Kier alpha value is -3.20. The van der Waals surface area contributed by atoms with Gasteiger partial charge in [-0.1, -0.05) is 23.4 Å². The molecule has 0 bridgehead atoms. The SMILES string of the molecule is Cc1noc(CSc2ccccc2C(=O)NCc2nnc3ccccn23)n1. The Bertz CT molecular complexity index is 1090. The van der Waals surface area contributed by atoms with E-state index in [1.807, 2.05) is 47.0 Å². The number of thioether (sulfide) groups is 1. The molecule has 0 unspecified atom stereocenters. The summed E-state index contributed by atoms with van der Waals surface area (Å²) in [7, 11) is 0. The summed E-state index contributed by atoms with van der Waals surface area (Å²) in [5.74, 6) is 2.12. The van der Waals surface area contributed by atoms with Crippen molar-refractivity contribution in [2.24, 2.45) is 0 Å². The maximum Gasteiger partial charge on any atom is 0.252 e. The second-order valence-corrected chi connectivity index (χ2v) is 6.77. The van der Waals surface area contributed by atoms with Crippen LogP contribution in [0.2, 0.25) is 0 Å². The van der Waals surface area contributed by atoms with Crippen molar-refractivity contribution < 1.29 is 9.32 Å². The second kappa shape index (κ2) is 7.58. The van der Waals surface area contributed by atoms with Crippen molar-refractivity contribution in [2.75, 3.05) is 0 Å². The van der Waals surface area contributed by atoms with Crippen LogP contribution in [0, 0.1) is 6.92 Å². The first-order chi connectivity index (χ1) is 13.2. The zero-order valence-electron chi connectivity index (χ0n) is 14.5. The second-order valence-electron chi connectivity index (χ2n) is 5.75. The number of carbonyl (C=O) groups is 1. The maximum absolute atomic E-state index is 12.7. The Morgan fingerprint density at radius 3 is 2.89 bits per heavy atom. The van der Waals surface area contributed by atoms with E-state index in [-0.39, 0.29) is 12.5 Å². The molecule has 0 aliphatic heterocycles. The first kappa shape index (κ1) is 17.2. The minimum atomic E-state index is -0.174. The number of benzene rings is 1. The highest BCUT2D eigenvalue weighted by molar-refractivity contribution is 7.98. The van der Waals surface area contributed by atoms with Crippen LogP contribution in [0.4, 0.5) is 0 Å². The maximum atomic E-state index is 12.7. The van der Waals surface area contributed by atoms with Gasteiger partial charge in [0.15, 0.2) is 17.3 Å². The zero-order chi connectivity index (χ0) is 18.6. The average Bonchev–Trinajstić information content (AvgIpc) is 3.30. The number of rotatable bonds is 6. The summed E-state index contributed by atoms with van der Waals surface area (Å²) >= 11 is 1.48. The number of pyridine rings is 1. The number of carbonyl (C=O) groups excluding carboxylic acids is 1. The molecule has 0 aliphatic carbocycles. The molecule has 0 atom stereocenters. The van der Waals surface area contributed by atoms with Crippen LogP contribution in [0.3, 0.4) is 0 Å². The van der Waals surface area contributed by atoms with Crippen molar-refractivity contribution in [2.45, 2.75) is 24.1 Å². The van der Waals surface area contributed by atoms with E-state index in [0.717, 1.165) is 10.5 Å². The number of nitrogens with one attached hydrogen (secondary N) is 1. The van der Waals surface area contributed by atoms with Crippen LogP contribution < -0.4 is 5.32 Å². The highest BCUT2D eigenvalue weighted by atomic mass is 32.2. The van der Waals surface area contributed by atoms with Crippen LogP contribution in [0.5, 0.6) is 0 Å². The lowest BCUT2D eigenvalue weighted by atomic mass is 10.2. The van der Waals surface area contributed by atoms with Gasteiger partial charge in [-0.2, -0.15) is 4.98 Å². The van der Waals surface area contributed by atoms with Crippen LogP contribution in [0.15, 0.2) is 58.1 Å². The predicted octanol–water partition coefficient (Wildman–Crippen LogP) is 2.64. The average molecular weight is 380 g/mol. The normalized spacial score (nSPS) is 11.0. The van der Waals surface area contributed by atoms with Crippen molar-refractivity contribution in [1.82, 2.24) is 30.1 Å². The van der Waals surface area contributed by atoms with Crippen LogP contribution in [-0.2, 0) is 12.3 Å². The van der Waals surface area contributed by atoms with E-state index in [2.05, 4.69) is 25.7 Å². The molecule has 0 aliphatic rings. The van der Waals surface area contributed by atoms with Crippen molar-refractivity contribution in [3.8, 4) is 0 Å². The van der Waals surface area contributed by atoms with E-state index in [1.165, 1.54) is 11.8 Å². The van der Waals surface area contributed by atoms with Gasteiger partial charge in [-0.05, 0) is 31.2 Å². The number of nitrogens with zero attached hydrogens (tertiary/aromatic N) is 5. The predicted molar refractivity (Wildman–Crippen MR) is 99.2 cm³/mol. The van der Waals surface area contributed by atoms with E-state index in [4.69, 9.17) is 4.52 Å². The summed E-state index contributed by atoms with van der Waals surface area (Å²) in [4.78, 5) is 17.7. The smallest absolute Gasteiger partial charge is 0.252 e. The Morgan fingerprint density at radius 2 is 2.04 bits per heavy atom. The largest absolute Gasteiger partial charge is 0.345 e. The quantitative estimate of drug-likeness (QED) is 0.513. The van der Waals surface area contributed by atoms with Crippen molar-refractivity contribution in [3.05, 3.63) is 71.8 Å². The number of aryl methyl sites for hydroxylation is 1. The molecule has 3 aromatic heterocycles. The molecule has 0 fully saturated rings. The Labute approximate surface area is 159 Å². The van der Waals surface area contributed by atoms with Gasteiger partial charge in [-0.3, -0.25) is 9.20 Å².